The number of benzene rings is 1. The minimum absolute atomic E-state index is 0.148. The highest BCUT2D eigenvalue weighted by atomic mass is 16.3. The molecule has 4 heteroatoms. The maximum absolute atomic E-state index is 12.3. The quantitative estimate of drug-likeness (QED) is 0.599. The van der Waals surface area contributed by atoms with Crippen LogP contribution in [0.15, 0.2) is 42.5 Å². The van der Waals surface area contributed by atoms with Crippen molar-refractivity contribution in [1.29, 1.82) is 0 Å². The Morgan fingerprint density at radius 3 is 2.57 bits per heavy atom. The van der Waals surface area contributed by atoms with Crippen LogP contribution in [0, 0.1) is 0 Å². The van der Waals surface area contributed by atoms with Crippen molar-refractivity contribution in [3.05, 3.63) is 48.0 Å². The molecule has 0 radical (unpaired) electrons. The molecule has 0 saturated carbocycles. The molecule has 4 nitrogen and oxygen atoms in total. The van der Waals surface area contributed by atoms with Crippen molar-refractivity contribution in [3.63, 3.8) is 0 Å². The molecule has 0 aliphatic carbocycles. The Kier molecular flexibility index (Phi) is 6.96. The molecule has 1 aromatic carbocycles. The van der Waals surface area contributed by atoms with E-state index in [4.69, 9.17) is 0 Å². The van der Waals surface area contributed by atoms with Gasteiger partial charge < -0.3 is 15.3 Å². The SMILES string of the molecule is C/C=C/CCNC(=O)N(Cc1ccccc1)CC(C)(C)O. The van der Waals surface area contributed by atoms with Gasteiger partial charge in [-0.05, 0) is 32.8 Å². The summed E-state index contributed by atoms with van der Waals surface area (Å²) in [4.78, 5) is 13.9. The van der Waals surface area contributed by atoms with Gasteiger partial charge in [-0.1, -0.05) is 42.5 Å². The van der Waals surface area contributed by atoms with E-state index in [0.717, 1.165) is 12.0 Å². The summed E-state index contributed by atoms with van der Waals surface area (Å²) in [5.74, 6) is 0. The molecule has 0 aliphatic rings. The third-order valence-electron chi connectivity index (χ3n) is 2.90. The fourth-order valence-electron chi connectivity index (χ4n) is 2.01. The van der Waals surface area contributed by atoms with Gasteiger partial charge in [0.15, 0.2) is 0 Å². The van der Waals surface area contributed by atoms with Gasteiger partial charge in [-0.15, -0.1) is 0 Å². The van der Waals surface area contributed by atoms with Crippen LogP contribution in [0.5, 0.6) is 0 Å². The lowest BCUT2D eigenvalue weighted by atomic mass is 10.1. The number of rotatable bonds is 7. The average Bonchev–Trinajstić information content (AvgIpc) is 2.42. The van der Waals surface area contributed by atoms with Gasteiger partial charge in [-0.3, -0.25) is 0 Å². The molecule has 2 N–H and O–H groups in total. The first-order chi connectivity index (χ1) is 9.92. The minimum Gasteiger partial charge on any atom is -0.389 e. The maximum Gasteiger partial charge on any atom is 0.317 e. The van der Waals surface area contributed by atoms with Gasteiger partial charge in [0.25, 0.3) is 0 Å². The first kappa shape index (κ1) is 17.2. The molecule has 1 aromatic rings. The van der Waals surface area contributed by atoms with Crippen LogP contribution in [0.2, 0.25) is 0 Å². The second-order valence-electron chi connectivity index (χ2n) is 5.74. The molecular formula is C17H26N2O2. The van der Waals surface area contributed by atoms with E-state index in [1.807, 2.05) is 49.4 Å². The van der Waals surface area contributed by atoms with Crippen LogP contribution in [0.25, 0.3) is 0 Å². The number of hydrogen-bond donors (Lipinski definition) is 2. The zero-order chi connectivity index (χ0) is 15.7. The molecule has 116 valence electrons. The summed E-state index contributed by atoms with van der Waals surface area (Å²) in [5.41, 5.74) is 0.125. The fourth-order valence-corrected chi connectivity index (χ4v) is 2.01. The Hall–Kier alpha value is -1.81. The minimum atomic E-state index is -0.921. The highest BCUT2D eigenvalue weighted by Crippen LogP contribution is 2.10. The third kappa shape index (κ3) is 7.51. The molecule has 0 aromatic heterocycles. The van der Waals surface area contributed by atoms with Crippen molar-refractivity contribution in [2.75, 3.05) is 13.1 Å². The lowest BCUT2D eigenvalue weighted by Gasteiger charge is -2.29. The van der Waals surface area contributed by atoms with Crippen molar-refractivity contribution in [1.82, 2.24) is 10.2 Å². The molecule has 0 atom stereocenters. The first-order valence-corrected chi connectivity index (χ1v) is 7.32. The summed E-state index contributed by atoms with van der Waals surface area (Å²) in [6, 6.07) is 9.64. The van der Waals surface area contributed by atoms with Crippen LogP contribution in [-0.4, -0.2) is 34.7 Å². The summed E-state index contributed by atoms with van der Waals surface area (Å²) in [5, 5.41) is 12.9. The molecule has 1 rings (SSSR count). The van der Waals surface area contributed by atoms with Crippen molar-refractivity contribution >= 4 is 6.03 Å². The van der Waals surface area contributed by atoms with Crippen LogP contribution in [0.3, 0.4) is 0 Å². The first-order valence-electron chi connectivity index (χ1n) is 7.32. The van der Waals surface area contributed by atoms with Crippen LogP contribution in [-0.2, 0) is 6.54 Å². The van der Waals surface area contributed by atoms with Gasteiger partial charge in [-0.25, -0.2) is 4.79 Å². The highest BCUT2D eigenvalue weighted by Gasteiger charge is 2.22. The van der Waals surface area contributed by atoms with Crippen LogP contribution >= 0.6 is 0 Å². The van der Waals surface area contributed by atoms with Gasteiger partial charge in [0.2, 0.25) is 0 Å². The summed E-state index contributed by atoms with van der Waals surface area (Å²) in [6.45, 7) is 6.74. The molecular weight excluding hydrogens is 264 g/mol. The fraction of sp³-hybridized carbons (Fsp3) is 0.471. The number of aliphatic hydroxyl groups is 1. The lowest BCUT2D eigenvalue weighted by Crippen LogP contribution is -2.46. The van der Waals surface area contributed by atoms with Crippen LogP contribution in [0.1, 0.15) is 32.8 Å². The Labute approximate surface area is 127 Å². The zero-order valence-electron chi connectivity index (χ0n) is 13.2. The van der Waals surface area contributed by atoms with E-state index in [1.54, 1.807) is 18.7 Å². The Bertz CT molecular complexity index is 450. The van der Waals surface area contributed by atoms with Crippen molar-refractivity contribution in [2.45, 2.75) is 39.3 Å². The smallest absolute Gasteiger partial charge is 0.317 e. The molecule has 21 heavy (non-hydrogen) atoms. The number of nitrogens with one attached hydrogen (secondary N) is 1. The molecule has 0 spiro atoms. The van der Waals surface area contributed by atoms with Gasteiger partial charge in [0.05, 0.1) is 12.1 Å². The van der Waals surface area contributed by atoms with E-state index in [-0.39, 0.29) is 12.6 Å². The van der Waals surface area contributed by atoms with Gasteiger partial charge in [0.1, 0.15) is 0 Å². The van der Waals surface area contributed by atoms with E-state index >= 15 is 0 Å². The number of urea groups is 1. The predicted molar refractivity (Wildman–Crippen MR) is 86.0 cm³/mol. The zero-order valence-corrected chi connectivity index (χ0v) is 13.2. The summed E-state index contributed by atoms with van der Waals surface area (Å²) in [6.07, 6.45) is 4.78. The molecule has 0 fully saturated rings. The van der Waals surface area contributed by atoms with Crippen molar-refractivity contribution < 1.29 is 9.90 Å². The predicted octanol–water partition coefficient (Wildman–Crippen LogP) is 2.94. The number of carbonyl (C=O) groups is 1. The number of allylic oxidation sites excluding steroid dienone is 1. The van der Waals surface area contributed by atoms with Crippen LogP contribution < -0.4 is 5.32 Å². The molecule has 0 unspecified atom stereocenters. The standard InChI is InChI=1S/C17H26N2O2/c1-4-5-9-12-18-16(20)19(14-17(2,3)21)13-15-10-7-6-8-11-15/h4-8,10-11,21H,9,12-14H2,1-3H3,(H,18,20)/b5-4+. The second kappa shape index (κ2) is 8.47. The summed E-state index contributed by atoms with van der Waals surface area (Å²) in [7, 11) is 0. The topological polar surface area (TPSA) is 52.6 Å². The molecule has 0 aliphatic heterocycles. The molecule has 0 saturated heterocycles. The largest absolute Gasteiger partial charge is 0.389 e. The van der Waals surface area contributed by atoms with E-state index in [9.17, 15) is 9.90 Å². The summed E-state index contributed by atoms with van der Waals surface area (Å²) < 4.78 is 0. The molecule has 2 amide bonds. The van der Waals surface area contributed by atoms with Gasteiger partial charge in [-0.2, -0.15) is 0 Å². The van der Waals surface area contributed by atoms with Gasteiger partial charge >= 0.3 is 6.03 Å². The monoisotopic (exact) mass is 290 g/mol. The number of carbonyl (C=O) groups excluding carboxylic acids is 1. The average molecular weight is 290 g/mol. The van der Waals surface area contributed by atoms with Crippen LogP contribution in [0.4, 0.5) is 4.79 Å². The number of amides is 2. The normalized spacial score (nSPS) is 11.6. The van der Waals surface area contributed by atoms with Crippen molar-refractivity contribution in [2.24, 2.45) is 0 Å². The Balaban J connectivity index is 2.65. The van der Waals surface area contributed by atoms with E-state index < -0.39 is 5.60 Å². The van der Waals surface area contributed by atoms with E-state index in [1.165, 1.54) is 0 Å². The Morgan fingerprint density at radius 2 is 2.00 bits per heavy atom. The maximum atomic E-state index is 12.3. The van der Waals surface area contributed by atoms with Gasteiger partial charge in [0, 0.05) is 13.1 Å². The lowest BCUT2D eigenvalue weighted by molar-refractivity contribution is 0.0447. The molecule has 0 heterocycles. The molecule has 0 bridgehead atoms. The number of nitrogens with zero attached hydrogens (tertiary/aromatic N) is 1. The van der Waals surface area contributed by atoms with E-state index in [2.05, 4.69) is 5.32 Å². The second-order valence-corrected chi connectivity index (χ2v) is 5.74. The van der Waals surface area contributed by atoms with E-state index in [0.29, 0.717) is 13.1 Å². The summed E-state index contributed by atoms with van der Waals surface area (Å²) >= 11 is 0. The Morgan fingerprint density at radius 1 is 1.33 bits per heavy atom. The highest BCUT2D eigenvalue weighted by molar-refractivity contribution is 5.74. The number of hydrogen-bond acceptors (Lipinski definition) is 2. The van der Waals surface area contributed by atoms with Crippen molar-refractivity contribution in [3.8, 4) is 0 Å². The third-order valence-corrected chi connectivity index (χ3v) is 2.90.